The minimum absolute atomic E-state index is 0.213. The molecule has 0 saturated carbocycles. The largest absolute Gasteiger partial charge is 0.490 e. The van der Waals surface area contributed by atoms with E-state index in [1.54, 1.807) is 0 Å². The lowest BCUT2D eigenvalue weighted by Gasteiger charge is -2.33. The van der Waals surface area contributed by atoms with Crippen molar-refractivity contribution < 1.29 is 93.3 Å². The van der Waals surface area contributed by atoms with Crippen molar-refractivity contribution in [3.8, 4) is 11.5 Å². The zero-order valence-electron chi connectivity index (χ0n) is 22.6. The summed E-state index contributed by atoms with van der Waals surface area (Å²) in [6.45, 7) is 0.499. The number of halogens is 18. The lowest BCUT2D eigenvalue weighted by Crippen LogP contribution is -2.60. The van der Waals surface area contributed by atoms with Gasteiger partial charge in [-0.05, 0) is 31.0 Å². The summed E-state index contributed by atoms with van der Waals surface area (Å²) in [6.07, 6.45) is -21.4. The van der Waals surface area contributed by atoms with Crippen LogP contribution in [0.5, 0.6) is 11.5 Å². The molecule has 3 nitrogen and oxygen atoms in total. The van der Waals surface area contributed by atoms with Crippen molar-refractivity contribution in [1.29, 1.82) is 0 Å². The zero-order chi connectivity index (χ0) is 35.7. The number of hydrogen-bond donors (Lipinski definition) is 0. The molecule has 0 aromatic heterocycles. The van der Waals surface area contributed by atoms with Gasteiger partial charge in [0, 0.05) is 24.3 Å². The van der Waals surface area contributed by atoms with E-state index < -0.39 is 110 Å². The predicted molar refractivity (Wildman–Crippen MR) is 117 cm³/mol. The molecule has 0 atom stereocenters. The first kappa shape index (κ1) is 40.3. The first-order valence-corrected chi connectivity index (χ1v) is 12.2. The van der Waals surface area contributed by atoms with Crippen LogP contribution in [-0.2, 0) is 0 Å². The van der Waals surface area contributed by atoms with Crippen LogP contribution in [0.2, 0.25) is 0 Å². The molecule has 45 heavy (non-hydrogen) atoms. The smallest absolute Gasteiger partial charge is 0.460 e. The highest BCUT2D eigenvalue weighted by molar-refractivity contribution is 5.98. The maximum Gasteiger partial charge on any atom is 0.460 e. The summed E-state index contributed by atoms with van der Waals surface area (Å²) in [5.74, 6) is -42.6. The Bertz CT molecular complexity index is 1150. The van der Waals surface area contributed by atoms with E-state index in [1.807, 2.05) is 0 Å². The minimum atomic E-state index is -7.14. The Morgan fingerprint density at radius 1 is 0.578 bits per heavy atom. The van der Waals surface area contributed by atoms with E-state index >= 15 is 0 Å². The quantitative estimate of drug-likeness (QED) is 0.0979. The molecule has 0 N–H and O–H groups in total. The Morgan fingerprint density at radius 2 is 0.933 bits per heavy atom. The molecule has 1 aromatic rings. The van der Waals surface area contributed by atoms with Gasteiger partial charge in [-0.1, -0.05) is 13.8 Å². The van der Waals surface area contributed by atoms with Crippen LogP contribution < -0.4 is 9.47 Å². The zero-order valence-corrected chi connectivity index (χ0v) is 22.6. The third-order valence-electron chi connectivity index (χ3n) is 5.96. The van der Waals surface area contributed by atoms with E-state index in [4.69, 9.17) is 9.47 Å². The fourth-order valence-electron chi connectivity index (χ4n) is 3.31. The number of hydrogen-bond acceptors (Lipinski definition) is 3. The van der Waals surface area contributed by atoms with E-state index in [-0.39, 0.29) is 5.56 Å². The van der Waals surface area contributed by atoms with Crippen LogP contribution >= 0.6 is 0 Å². The summed E-state index contributed by atoms with van der Waals surface area (Å²) >= 11 is 0. The normalized spacial score (nSPS) is 14.6. The molecule has 0 heterocycles. The molecule has 0 amide bonds. The van der Waals surface area contributed by atoms with Gasteiger partial charge >= 0.3 is 47.9 Å². The van der Waals surface area contributed by atoms with Gasteiger partial charge in [-0.3, -0.25) is 4.79 Å². The van der Waals surface area contributed by atoms with Crippen LogP contribution in [0, 0.1) is 5.92 Å². The lowest BCUT2D eigenvalue weighted by atomic mass is 9.99. The van der Waals surface area contributed by atoms with Gasteiger partial charge < -0.3 is 9.47 Å². The average Bonchev–Trinajstić information content (AvgIpc) is 2.87. The van der Waals surface area contributed by atoms with Gasteiger partial charge in [0.15, 0.2) is 17.3 Å². The standard InChI is InChI=1S/C24H22F18O3/c1-12(2)16(43)13-5-6-14(44-9-3-7-17(25,26)19(29,30)21(33,34)23(37,38)39)15(11-13)45-10-4-8-18(27,28)20(31,32)22(35,36)24(40,41)42/h5-6,11-12H,3-4,7-10H2,1-2H3. The van der Waals surface area contributed by atoms with Crippen molar-refractivity contribution in [3.05, 3.63) is 23.8 Å². The Morgan fingerprint density at radius 3 is 1.27 bits per heavy atom. The second-order valence-electron chi connectivity index (χ2n) is 9.79. The SMILES string of the molecule is CC(C)C(=O)c1ccc(OCCCC(F)(F)C(F)(F)C(F)(F)C(F)(F)F)c(OCCCC(F)(F)C(F)(F)C(F)(F)C(F)(F)F)c1. The number of carbonyl (C=O) groups excluding carboxylic acids is 1. The fourth-order valence-corrected chi connectivity index (χ4v) is 3.31. The molecule has 0 unspecified atom stereocenters. The van der Waals surface area contributed by atoms with Gasteiger partial charge in [-0.2, -0.15) is 79.0 Å². The molecule has 0 saturated heterocycles. The number of rotatable bonds is 16. The van der Waals surface area contributed by atoms with Crippen molar-refractivity contribution in [2.24, 2.45) is 5.92 Å². The van der Waals surface area contributed by atoms with Gasteiger partial charge in [0.05, 0.1) is 13.2 Å². The van der Waals surface area contributed by atoms with Gasteiger partial charge in [0.25, 0.3) is 0 Å². The molecule has 1 rings (SSSR count). The molecular formula is C24H22F18O3. The van der Waals surface area contributed by atoms with E-state index in [2.05, 4.69) is 0 Å². The molecule has 21 heteroatoms. The molecule has 0 radical (unpaired) electrons. The molecule has 1 aromatic carbocycles. The van der Waals surface area contributed by atoms with E-state index in [0.717, 1.165) is 18.2 Å². The van der Waals surface area contributed by atoms with Crippen LogP contribution in [0.4, 0.5) is 79.0 Å². The van der Waals surface area contributed by atoms with Gasteiger partial charge in [0.1, 0.15) is 0 Å². The number of carbonyl (C=O) groups is 1. The van der Waals surface area contributed by atoms with E-state index in [0.29, 0.717) is 0 Å². The highest BCUT2D eigenvalue weighted by Crippen LogP contribution is 2.55. The highest BCUT2D eigenvalue weighted by Gasteiger charge is 2.82. The maximum absolute atomic E-state index is 13.7. The monoisotopic (exact) mass is 700 g/mol. The molecule has 0 aliphatic rings. The average molecular weight is 700 g/mol. The Balaban J connectivity index is 3.07. The number of ether oxygens (including phenoxy) is 2. The molecule has 0 spiro atoms. The maximum atomic E-state index is 13.7. The second-order valence-corrected chi connectivity index (χ2v) is 9.79. The van der Waals surface area contributed by atoms with Gasteiger partial charge in [-0.15, -0.1) is 0 Å². The fraction of sp³-hybridized carbons (Fsp3) is 0.708. The highest BCUT2D eigenvalue weighted by atomic mass is 19.4. The first-order chi connectivity index (χ1) is 19.9. The third-order valence-corrected chi connectivity index (χ3v) is 5.96. The molecule has 0 fully saturated rings. The summed E-state index contributed by atoms with van der Waals surface area (Å²) in [7, 11) is 0. The van der Waals surface area contributed by atoms with Crippen LogP contribution in [0.25, 0.3) is 0 Å². The number of Topliss-reactive ketones (excluding diaryl/α,β-unsaturated/α-hetero) is 1. The van der Waals surface area contributed by atoms with Crippen molar-refractivity contribution >= 4 is 5.78 Å². The Labute approximate surface area is 241 Å². The topological polar surface area (TPSA) is 35.5 Å². The van der Waals surface area contributed by atoms with E-state index in [9.17, 15) is 83.8 Å². The Hall–Kier alpha value is -2.77. The summed E-state index contributed by atoms with van der Waals surface area (Å²) in [6, 6.07) is 2.63. The predicted octanol–water partition coefficient (Wildman–Crippen LogP) is 9.78. The van der Waals surface area contributed by atoms with Crippen molar-refractivity contribution in [2.45, 2.75) is 87.4 Å². The second kappa shape index (κ2) is 13.2. The molecule has 0 aliphatic carbocycles. The van der Waals surface area contributed by atoms with Crippen LogP contribution in [-0.4, -0.2) is 66.9 Å². The van der Waals surface area contributed by atoms with E-state index in [1.165, 1.54) is 13.8 Å². The first-order valence-electron chi connectivity index (χ1n) is 12.2. The summed E-state index contributed by atoms with van der Waals surface area (Å²) in [5, 5.41) is 0. The van der Waals surface area contributed by atoms with Gasteiger partial charge in [-0.25, -0.2) is 0 Å². The van der Waals surface area contributed by atoms with Crippen molar-refractivity contribution in [2.75, 3.05) is 13.2 Å². The number of benzene rings is 1. The van der Waals surface area contributed by atoms with Crippen LogP contribution in [0.3, 0.4) is 0 Å². The van der Waals surface area contributed by atoms with Gasteiger partial charge in [0.2, 0.25) is 0 Å². The minimum Gasteiger partial charge on any atom is -0.490 e. The summed E-state index contributed by atoms with van der Waals surface area (Å²) in [4.78, 5) is 12.2. The van der Waals surface area contributed by atoms with Crippen LogP contribution in [0.1, 0.15) is 49.9 Å². The summed E-state index contributed by atoms with van der Waals surface area (Å²) < 4.78 is 244. The Kier molecular flexibility index (Phi) is 11.8. The molecule has 262 valence electrons. The van der Waals surface area contributed by atoms with Crippen molar-refractivity contribution in [1.82, 2.24) is 0 Å². The summed E-state index contributed by atoms with van der Waals surface area (Å²) in [5.41, 5.74) is -0.213. The third kappa shape index (κ3) is 8.15. The van der Waals surface area contributed by atoms with Crippen LogP contribution in [0.15, 0.2) is 18.2 Å². The lowest BCUT2D eigenvalue weighted by molar-refractivity contribution is -0.396. The molecular weight excluding hydrogens is 678 g/mol. The number of alkyl halides is 18. The number of ketones is 1. The van der Waals surface area contributed by atoms with Crippen molar-refractivity contribution in [3.63, 3.8) is 0 Å². The molecule has 0 bridgehead atoms. The molecule has 0 aliphatic heterocycles.